The van der Waals surface area contributed by atoms with Gasteiger partial charge < -0.3 is 9.84 Å². The van der Waals surface area contributed by atoms with Gasteiger partial charge in [-0.05, 0) is 12.8 Å². The first-order valence-corrected chi connectivity index (χ1v) is 11.5. The number of aliphatic hydroxyl groups excluding tert-OH is 1. The topological polar surface area (TPSA) is 46.5 Å². The Hall–Kier alpha value is -0.570. The van der Waals surface area contributed by atoms with E-state index in [1.165, 1.54) is 89.9 Å². The Morgan fingerprint density at radius 1 is 0.692 bits per heavy atom. The number of unbranched alkanes of at least 4 members (excludes halogenated alkanes) is 15. The normalized spacial score (nSPS) is 12.3. The van der Waals surface area contributed by atoms with Crippen LogP contribution < -0.4 is 0 Å². The van der Waals surface area contributed by atoms with E-state index in [4.69, 9.17) is 4.74 Å². The highest BCUT2D eigenvalue weighted by atomic mass is 16.5. The molecule has 0 amide bonds. The fourth-order valence-electron chi connectivity index (χ4n) is 3.23. The molecule has 1 N–H and O–H groups in total. The molecule has 1 atom stereocenters. The second kappa shape index (κ2) is 20.7. The molecule has 26 heavy (non-hydrogen) atoms. The molecule has 0 saturated carbocycles. The number of rotatable bonds is 20. The van der Waals surface area contributed by atoms with Gasteiger partial charge in [0.2, 0.25) is 0 Å². The van der Waals surface area contributed by atoms with Crippen molar-refractivity contribution in [3.05, 3.63) is 0 Å². The van der Waals surface area contributed by atoms with Gasteiger partial charge in [-0.3, -0.25) is 4.79 Å². The summed E-state index contributed by atoms with van der Waals surface area (Å²) in [5.74, 6) is -0.264. The number of aliphatic hydroxyl groups is 1. The lowest BCUT2D eigenvalue weighted by Gasteiger charge is -2.08. The minimum Gasteiger partial charge on any atom is -0.466 e. The predicted octanol–water partition coefficient (Wildman–Crippen LogP) is 6.95. The molecule has 3 nitrogen and oxygen atoms in total. The molecule has 0 aliphatic rings. The lowest BCUT2D eigenvalue weighted by atomic mass is 10.0. The molecule has 3 heteroatoms. The number of carbonyl (C=O) groups excluding carboxylic acids is 1. The maximum absolute atomic E-state index is 11.4. The predicted molar refractivity (Wildman–Crippen MR) is 111 cm³/mol. The van der Waals surface area contributed by atoms with E-state index < -0.39 is 6.10 Å². The first-order valence-electron chi connectivity index (χ1n) is 11.5. The summed E-state index contributed by atoms with van der Waals surface area (Å²) in [6.45, 7) is 4.65. The molecule has 0 aliphatic carbocycles. The van der Waals surface area contributed by atoms with Crippen molar-refractivity contribution in [3.63, 3.8) is 0 Å². The SMILES string of the molecule is CCCCCCCCCCCCCCCCCCOC(=O)CC(O)CC. The molecule has 0 fully saturated rings. The lowest BCUT2D eigenvalue weighted by molar-refractivity contribution is -0.146. The third kappa shape index (κ3) is 19.8. The summed E-state index contributed by atoms with van der Waals surface area (Å²) in [5.41, 5.74) is 0. The third-order valence-corrected chi connectivity index (χ3v) is 5.13. The number of hydrogen-bond acceptors (Lipinski definition) is 3. The molecule has 0 radical (unpaired) electrons. The van der Waals surface area contributed by atoms with Gasteiger partial charge in [0.1, 0.15) is 0 Å². The van der Waals surface area contributed by atoms with E-state index in [0.29, 0.717) is 13.0 Å². The molecule has 0 aromatic heterocycles. The van der Waals surface area contributed by atoms with Crippen molar-refractivity contribution >= 4 is 5.97 Å². The van der Waals surface area contributed by atoms with E-state index in [2.05, 4.69) is 6.92 Å². The van der Waals surface area contributed by atoms with E-state index in [-0.39, 0.29) is 12.4 Å². The average molecular weight is 371 g/mol. The van der Waals surface area contributed by atoms with Gasteiger partial charge in [0.15, 0.2) is 0 Å². The average Bonchev–Trinajstić information content (AvgIpc) is 2.64. The van der Waals surface area contributed by atoms with Crippen molar-refractivity contribution in [1.29, 1.82) is 0 Å². The summed E-state index contributed by atoms with van der Waals surface area (Å²) in [5, 5.41) is 9.37. The fraction of sp³-hybridized carbons (Fsp3) is 0.957. The van der Waals surface area contributed by atoms with E-state index in [1.54, 1.807) is 0 Å². The maximum atomic E-state index is 11.4. The van der Waals surface area contributed by atoms with Crippen LogP contribution in [-0.2, 0) is 9.53 Å². The zero-order valence-corrected chi connectivity index (χ0v) is 17.8. The van der Waals surface area contributed by atoms with Crippen LogP contribution in [0.5, 0.6) is 0 Å². The van der Waals surface area contributed by atoms with Gasteiger partial charge in [-0.1, -0.05) is 110 Å². The highest BCUT2D eigenvalue weighted by Gasteiger charge is 2.09. The Kier molecular flexibility index (Phi) is 20.3. The standard InChI is InChI=1S/C23H46O3/c1-3-5-6-7-8-9-10-11-12-13-14-15-16-17-18-19-20-26-23(25)21-22(24)4-2/h22,24H,3-21H2,1-2H3. The zero-order chi connectivity index (χ0) is 19.3. The Bertz CT molecular complexity index is 291. The van der Waals surface area contributed by atoms with Crippen LogP contribution in [0.2, 0.25) is 0 Å². The van der Waals surface area contributed by atoms with Crippen LogP contribution in [0.1, 0.15) is 129 Å². The van der Waals surface area contributed by atoms with Crippen LogP contribution in [0.3, 0.4) is 0 Å². The van der Waals surface area contributed by atoms with Gasteiger partial charge in [-0.2, -0.15) is 0 Å². The molecule has 1 unspecified atom stereocenters. The summed E-state index contributed by atoms with van der Waals surface area (Å²) in [4.78, 5) is 11.4. The summed E-state index contributed by atoms with van der Waals surface area (Å²) < 4.78 is 5.13. The number of carbonyl (C=O) groups is 1. The molecule has 0 aromatic rings. The van der Waals surface area contributed by atoms with Crippen LogP contribution in [-0.4, -0.2) is 23.8 Å². The van der Waals surface area contributed by atoms with Crippen molar-refractivity contribution in [2.24, 2.45) is 0 Å². The van der Waals surface area contributed by atoms with Gasteiger partial charge >= 0.3 is 5.97 Å². The van der Waals surface area contributed by atoms with E-state index >= 15 is 0 Å². The monoisotopic (exact) mass is 370 g/mol. The van der Waals surface area contributed by atoms with Gasteiger partial charge in [-0.15, -0.1) is 0 Å². The largest absolute Gasteiger partial charge is 0.466 e. The molecule has 0 spiro atoms. The van der Waals surface area contributed by atoms with Crippen molar-refractivity contribution in [2.45, 2.75) is 136 Å². The van der Waals surface area contributed by atoms with Gasteiger partial charge in [-0.25, -0.2) is 0 Å². The number of esters is 1. The smallest absolute Gasteiger partial charge is 0.308 e. The maximum Gasteiger partial charge on any atom is 0.308 e. The molecule has 0 bridgehead atoms. The molecular formula is C23H46O3. The molecule has 0 aliphatic heterocycles. The van der Waals surface area contributed by atoms with Gasteiger partial charge in [0.25, 0.3) is 0 Å². The summed E-state index contributed by atoms with van der Waals surface area (Å²) in [6.07, 6.45) is 21.7. The van der Waals surface area contributed by atoms with Crippen molar-refractivity contribution in [1.82, 2.24) is 0 Å². The highest BCUT2D eigenvalue weighted by molar-refractivity contribution is 5.69. The minimum absolute atomic E-state index is 0.134. The zero-order valence-electron chi connectivity index (χ0n) is 17.8. The van der Waals surface area contributed by atoms with Crippen LogP contribution in [0.25, 0.3) is 0 Å². The Morgan fingerprint density at radius 2 is 1.08 bits per heavy atom. The first kappa shape index (κ1) is 25.4. The summed E-state index contributed by atoms with van der Waals surface area (Å²) >= 11 is 0. The second-order valence-electron chi connectivity index (χ2n) is 7.79. The molecule has 156 valence electrons. The molecular weight excluding hydrogens is 324 g/mol. The molecule has 0 rings (SSSR count). The molecule has 0 aromatic carbocycles. The Balaban J connectivity index is 3.10. The van der Waals surface area contributed by atoms with Crippen molar-refractivity contribution in [2.75, 3.05) is 6.61 Å². The Morgan fingerprint density at radius 3 is 1.46 bits per heavy atom. The van der Waals surface area contributed by atoms with Crippen molar-refractivity contribution < 1.29 is 14.6 Å². The quantitative estimate of drug-likeness (QED) is 0.186. The fourth-order valence-corrected chi connectivity index (χ4v) is 3.23. The third-order valence-electron chi connectivity index (χ3n) is 5.13. The van der Waals surface area contributed by atoms with Crippen LogP contribution in [0.15, 0.2) is 0 Å². The Labute approximate surface area is 163 Å². The van der Waals surface area contributed by atoms with Crippen LogP contribution in [0, 0.1) is 0 Å². The van der Waals surface area contributed by atoms with Crippen molar-refractivity contribution in [3.8, 4) is 0 Å². The van der Waals surface area contributed by atoms with Gasteiger partial charge in [0, 0.05) is 0 Å². The van der Waals surface area contributed by atoms with E-state index in [0.717, 1.165) is 12.8 Å². The molecule has 0 heterocycles. The summed E-state index contributed by atoms with van der Waals surface area (Å²) in [7, 11) is 0. The second-order valence-corrected chi connectivity index (χ2v) is 7.79. The van der Waals surface area contributed by atoms with Gasteiger partial charge in [0.05, 0.1) is 19.1 Å². The summed E-state index contributed by atoms with van der Waals surface area (Å²) in [6, 6.07) is 0. The molecule has 0 saturated heterocycles. The van der Waals surface area contributed by atoms with Crippen LogP contribution in [0.4, 0.5) is 0 Å². The first-order chi connectivity index (χ1) is 12.7. The number of ether oxygens (including phenoxy) is 1. The van der Waals surface area contributed by atoms with E-state index in [9.17, 15) is 9.90 Å². The lowest BCUT2D eigenvalue weighted by Crippen LogP contribution is -2.15. The van der Waals surface area contributed by atoms with Crippen LogP contribution >= 0.6 is 0 Å². The minimum atomic E-state index is -0.548. The van der Waals surface area contributed by atoms with E-state index in [1.807, 2.05) is 6.92 Å². The number of hydrogen-bond donors (Lipinski definition) is 1. The highest BCUT2D eigenvalue weighted by Crippen LogP contribution is 2.13.